The van der Waals surface area contributed by atoms with Crippen LogP contribution in [0.15, 0.2) is 21.9 Å². The van der Waals surface area contributed by atoms with E-state index in [9.17, 15) is 4.79 Å². The first kappa shape index (κ1) is 10.0. The molecule has 1 rings (SSSR count). The molecule has 7 nitrogen and oxygen atoms in total. The number of nitrogens with one attached hydrogen (secondary N) is 1. The van der Waals surface area contributed by atoms with Gasteiger partial charge in [0.05, 0.1) is 6.20 Å². The highest BCUT2D eigenvalue weighted by atomic mass is 16.3. The summed E-state index contributed by atoms with van der Waals surface area (Å²) in [5, 5.41) is 2.47. The first-order chi connectivity index (χ1) is 6.59. The molecule has 2 amide bonds. The predicted molar refractivity (Wildman–Crippen MR) is 49.3 cm³/mol. The largest absolute Gasteiger partial charge is 0.447 e. The molecule has 1 atom stereocenters. The van der Waals surface area contributed by atoms with Gasteiger partial charge in [-0.05, 0) is 6.92 Å². The number of rotatable bonds is 2. The van der Waals surface area contributed by atoms with Gasteiger partial charge in [-0.25, -0.2) is 9.78 Å². The number of carbonyl (C=O) groups excluding carboxylic acids is 1. The maximum absolute atomic E-state index is 11.0. The maximum Gasteiger partial charge on any atom is 0.344 e. The molecule has 7 heteroatoms. The van der Waals surface area contributed by atoms with E-state index in [4.69, 9.17) is 15.9 Å². The molecule has 1 aromatic heterocycles. The van der Waals surface area contributed by atoms with Crippen LogP contribution >= 0.6 is 0 Å². The van der Waals surface area contributed by atoms with Crippen LogP contribution in [0.1, 0.15) is 18.9 Å². The van der Waals surface area contributed by atoms with Crippen LogP contribution in [0.4, 0.5) is 4.79 Å². The fourth-order valence-corrected chi connectivity index (χ4v) is 0.845. The van der Waals surface area contributed by atoms with Crippen LogP contribution in [0, 0.1) is 0 Å². The van der Waals surface area contributed by atoms with Crippen LogP contribution in [0.25, 0.3) is 0 Å². The Morgan fingerprint density at radius 2 is 2.43 bits per heavy atom. The van der Waals surface area contributed by atoms with Gasteiger partial charge in [0, 0.05) is 0 Å². The number of aliphatic imine (C=N–C) groups is 1. The molecule has 0 aliphatic carbocycles. The topological polar surface area (TPSA) is 120 Å². The van der Waals surface area contributed by atoms with Crippen LogP contribution in [0.3, 0.4) is 0 Å². The molecule has 1 aromatic rings. The number of hydrogen-bond donors (Lipinski definition) is 3. The average molecular weight is 197 g/mol. The summed E-state index contributed by atoms with van der Waals surface area (Å²) in [6.45, 7) is 1.70. The van der Waals surface area contributed by atoms with E-state index in [1.165, 1.54) is 12.5 Å². The molecule has 0 bridgehead atoms. The molecule has 1 unspecified atom stereocenters. The Bertz CT molecular complexity index is 328. The van der Waals surface area contributed by atoms with E-state index in [-0.39, 0.29) is 12.0 Å². The maximum atomic E-state index is 11.0. The van der Waals surface area contributed by atoms with Crippen molar-refractivity contribution in [2.45, 2.75) is 13.0 Å². The summed E-state index contributed by atoms with van der Waals surface area (Å²) in [4.78, 5) is 18.2. The number of aromatic nitrogens is 1. The van der Waals surface area contributed by atoms with Crippen LogP contribution in [-0.4, -0.2) is 17.0 Å². The lowest BCUT2D eigenvalue weighted by molar-refractivity contribution is 0.244. The molecule has 0 fully saturated rings. The summed E-state index contributed by atoms with van der Waals surface area (Å²) >= 11 is 0. The van der Waals surface area contributed by atoms with Crippen LogP contribution < -0.4 is 16.8 Å². The Morgan fingerprint density at radius 1 is 1.71 bits per heavy atom. The zero-order chi connectivity index (χ0) is 10.6. The molecule has 76 valence electrons. The van der Waals surface area contributed by atoms with Crippen molar-refractivity contribution in [1.82, 2.24) is 10.3 Å². The number of carbonyl (C=O) groups is 1. The SMILES string of the molecule is CC(NC(=O)N=C(N)N)c1ncco1. The molecule has 5 N–H and O–H groups in total. The Morgan fingerprint density at radius 3 is 2.93 bits per heavy atom. The van der Waals surface area contributed by atoms with Crippen LogP contribution in [0.5, 0.6) is 0 Å². The fourth-order valence-electron chi connectivity index (χ4n) is 0.845. The average Bonchev–Trinajstić information content (AvgIpc) is 2.53. The minimum Gasteiger partial charge on any atom is -0.447 e. The Hall–Kier alpha value is -2.05. The third kappa shape index (κ3) is 2.77. The molecule has 0 aromatic carbocycles. The van der Waals surface area contributed by atoms with Gasteiger partial charge < -0.3 is 21.2 Å². The highest BCUT2D eigenvalue weighted by molar-refractivity contribution is 5.90. The van der Waals surface area contributed by atoms with Gasteiger partial charge in [-0.3, -0.25) is 0 Å². The summed E-state index contributed by atoms with van der Waals surface area (Å²) in [6, 6.07) is -1.00. The molecule has 0 radical (unpaired) electrons. The Labute approximate surface area is 80.2 Å². The van der Waals surface area contributed by atoms with Gasteiger partial charge in [0.15, 0.2) is 5.96 Å². The molecule has 14 heavy (non-hydrogen) atoms. The van der Waals surface area contributed by atoms with Gasteiger partial charge in [0.1, 0.15) is 12.3 Å². The van der Waals surface area contributed by atoms with Crippen molar-refractivity contribution in [2.75, 3.05) is 0 Å². The van der Waals surface area contributed by atoms with E-state index >= 15 is 0 Å². The van der Waals surface area contributed by atoms with E-state index in [1.807, 2.05) is 0 Å². The number of oxazole rings is 1. The van der Waals surface area contributed by atoms with Crippen molar-refractivity contribution in [1.29, 1.82) is 0 Å². The second kappa shape index (κ2) is 4.26. The summed E-state index contributed by atoms with van der Waals surface area (Å²) in [5.74, 6) is 0.103. The van der Waals surface area contributed by atoms with Crippen molar-refractivity contribution in [3.63, 3.8) is 0 Å². The Balaban J connectivity index is 2.54. The lowest BCUT2D eigenvalue weighted by Gasteiger charge is -2.06. The highest BCUT2D eigenvalue weighted by Crippen LogP contribution is 2.08. The summed E-state index contributed by atoms with van der Waals surface area (Å²) < 4.78 is 4.96. The van der Waals surface area contributed by atoms with Crippen molar-refractivity contribution in [2.24, 2.45) is 16.5 Å². The van der Waals surface area contributed by atoms with Gasteiger partial charge in [0.2, 0.25) is 5.89 Å². The smallest absolute Gasteiger partial charge is 0.344 e. The minimum absolute atomic E-state index is 0.290. The number of nitrogens with zero attached hydrogens (tertiary/aromatic N) is 2. The zero-order valence-electron chi connectivity index (χ0n) is 7.60. The number of guanidine groups is 1. The molecular weight excluding hydrogens is 186 g/mol. The standard InChI is InChI=1S/C7H11N5O2/c1-4(5-10-2-3-14-5)11-7(13)12-6(8)9/h2-4H,1H3,(H5,8,9,11,12,13). The van der Waals surface area contributed by atoms with Crippen LogP contribution in [0.2, 0.25) is 0 Å². The van der Waals surface area contributed by atoms with Crippen molar-refractivity contribution >= 4 is 12.0 Å². The fraction of sp³-hybridized carbons (Fsp3) is 0.286. The van der Waals surface area contributed by atoms with Gasteiger partial charge in [0.25, 0.3) is 0 Å². The predicted octanol–water partition coefficient (Wildman–Crippen LogP) is -0.281. The van der Waals surface area contributed by atoms with E-state index in [1.54, 1.807) is 6.92 Å². The first-order valence-electron chi connectivity index (χ1n) is 3.89. The second-order valence-electron chi connectivity index (χ2n) is 2.58. The molecule has 0 spiro atoms. The van der Waals surface area contributed by atoms with Gasteiger partial charge in [-0.15, -0.1) is 0 Å². The highest BCUT2D eigenvalue weighted by Gasteiger charge is 2.12. The summed E-state index contributed by atoms with van der Waals surface area (Å²) in [6.07, 6.45) is 2.90. The number of nitrogens with two attached hydrogens (primary N) is 2. The third-order valence-corrected chi connectivity index (χ3v) is 1.39. The number of urea groups is 1. The Kier molecular flexibility index (Phi) is 3.05. The quantitative estimate of drug-likeness (QED) is 0.445. The summed E-state index contributed by atoms with van der Waals surface area (Å²) in [7, 11) is 0. The molecular formula is C7H11N5O2. The molecule has 0 saturated heterocycles. The normalized spacial score (nSPS) is 11.8. The minimum atomic E-state index is -0.629. The molecule has 0 aliphatic heterocycles. The van der Waals surface area contributed by atoms with Gasteiger partial charge in [-0.2, -0.15) is 4.99 Å². The van der Waals surface area contributed by atoms with Gasteiger partial charge >= 0.3 is 6.03 Å². The third-order valence-electron chi connectivity index (χ3n) is 1.39. The first-order valence-corrected chi connectivity index (χ1v) is 3.89. The van der Waals surface area contributed by atoms with E-state index in [0.29, 0.717) is 5.89 Å². The number of hydrogen-bond acceptors (Lipinski definition) is 3. The molecule has 0 aliphatic rings. The van der Waals surface area contributed by atoms with Crippen molar-refractivity contribution in [3.05, 3.63) is 18.4 Å². The van der Waals surface area contributed by atoms with E-state index in [2.05, 4.69) is 15.3 Å². The van der Waals surface area contributed by atoms with Crippen molar-refractivity contribution in [3.8, 4) is 0 Å². The van der Waals surface area contributed by atoms with E-state index < -0.39 is 6.03 Å². The zero-order valence-corrected chi connectivity index (χ0v) is 7.60. The van der Waals surface area contributed by atoms with Crippen molar-refractivity contribution < 1.29 is 9.21 Å². The lowest BCUT2D eigenvalue weighted by Crippen LogP contribution is -2.30. The second-order valence-corrected chi connectivity index (χ2v) is 2.58. The lowest BCUT2D eigenvalue weighted by atomic mass is 10.3. The molecule has 1 heterocycles. The number of amides is 2. The molecule has 0 saturated carbocycles. The summed E-state index contributed by atoms with van der Waals surface area (Å²) in [5.41, 5.74) is 10.0. The van der Waals surface area contributed by atoms with E-state index in [0.717, 1.165) is 0 Å². The van der Waals surface area contributed by atoms with Gasteiger partial charge in [-0.1, -0.05) is 0 Å². The monoisotopic (exact) mass is 197 g/mol. The van der Waals surface area contributed by atoms with Crippen LogP contribution in [-0.2, 0) is 0 Å².